The molecule has 200 valence electrons. The number of morpholine rings is 1. The van der Waals surface area contributed by atoms with Crippen LogP contribution in [0.2, 0.25) is 0 Å². The molecule has 8 nitrogen and oxygen atoms in total. The minimum absolute atomic E-state index is 0.220. The second-order valence-electron chi connectivity index (χ2n) is 8.92. The number of nitrogens with one attached hydrogen (secondary N) is 1. The van der Waals surface area contributed by atoms with E-state index in [4.69, 9.17) is 9.47 Å². The molecule has 39 heavy (non-hydrogen) atoms. The number of carbonyl (C=O) groups is 3. The SMILES string of the molecule is O=C(CN1C(=O)S/C(=C/c2cccc(OCc3ccc(F)cc3)c2)C1=O)Nc1ccccc1N1CCOCC1. The van der Waals surface area contributed by atoms with Crippen LogP contribution in [0.1, 0.15) is 11.1 Å². The Balaban J connectivity index is 1.22. The fraction of sp³-hybridized carbons (Fsp3) is 0.207. The molecular weight excluding hydrogens is 521 g/mol. The Hall–Kier alpha value is -4.15. The van der Waals surface area contributed by atoms with E-state index < -0.39 is 17.1 Å². The number of halogens is 1. The summed E-state index contributed by atoms with van der Waals surface area (Å²) in [6.07, 6.45) is 1.60. The van der Waals surface area contributed by atoms with Crippen LogP contribution in [0.4, 0.5) is 20.6 Å². The Labute approximate surface area is 229 Å². The van der Waals surface area contributed by atoms with Gasteiger partial charge in [0.2, 0.25) is 5.91 Å². The van der Waals surface area contributed by atoms with Crippen LogP contribution < -0.4 is 15.0 Å². The first-order chi connectivity index (χ1) is 19.0. The number of thioether (sulfide) groups is 1. The smallest absolute Gasteiger partial charge is 0.294 e. The predicted molar refractivity (Wildman–Crippen MR) is 148 cm³/mol. The number of imide groups is 1. The maximum atomic E-state index is 13.1. The molecule has 0 bridgehead atoms. The van der Waals surface area contributed by atoms with Crippen molar-refractivity contribution in [2.24, 2.45) is 0 Å². The zero-order valence-electron chi connectivity index (χ0n) is 21.0. The summed E-state index contributed by atoms with van der Waals surface area (Å²) >= 11 is 0.788. The minimum Gasteiger partial charge on any atom is -0.489 e. The number of ether oxygens (including phenoxy) is 2. The first-order valence-electron chi connectivity index (χ1n) is 12.4. The third-order valence-corrected chi connectivity index (χ3v) is 7.09. The van der Waals surface area contributed by atoms with E-state index in [1.54, 1.807) is 48.5 Å². The molecular formula is C29H26FN3O5S. The predicted octanol–water partition coefficient (Wildman–Crippen LogP) is 4.92. The molecule has 2 heterocycles. The van der Waals surface area contributed by atoms with Gasteiger partial charge in [-0.25, -0.2) is 4.39 Å². The minimum atomic E-state index is -0.528. The molecule has 1 N–H and O–H groups in total. The van der Waals surface area contributed by atoms with Gasteiger partial charge >= 0.3 is 0 Å². The van der Waals surface area contributed by atoms with Crippen molar-refractivity contribution in [3.63, 3.8) is 0 Å². The van der Waals surface area contributed by atoms with E-state index >= 15 is 0 Å². The van der Waals surface area contributed by atoms with Crippen molar-refractivity contribution < 1.29 is 28.2 Å². The maximum Gasteiger partial charge on any atom is 0.294 e. The first kappa shape index (κ1) is 26.5. The van der Waals surface area contributed by atoms with Crippen LogP contribution in [0, 0.1) is 5.82 Å². The molecule has 0 atom stereocenters. The molecule has 2 aliphatic heterocycles. The monoisotopic (exact) mass is 547 g/mol. The molecule has 3 amide bonds. The van der Waals surface area contributed by atoms with E-state index in [1.807, 2.05) is 18.2 Å². The van der Waals surface area contributed by atoms with Crippen molar-refractivity contribution in [1.29, 1.82) is 0 Å². The quantitative estimate of drug-likeness (QED) is 0.401. The number of benzene rings is 3. The Kier molecular flexibility index (Phi) is 8.24. The van der Waals surface area contributed by atoms with Crippen molar-refractivity contribution in [3.8, 4) is 5.75 Å². The highest BCUT2D eigenvalue weighted by Gasteiger charge is 2.36. The normalized spacial score (nSPS) is 16.6. The molecule has 5 rings (SSSR count). The van der Waals surface area contributed by atoms with Gasteiger partial charge in [-0.05, 0) is 65.4 Å². The number of para-hydroxylation sites is 2. The summed E-state index contributed by atoms with van der Waals surface area (Å²) in [5, 5.41) is 2.34. The molecule has 0 saturated carbocycles. The number of rotatable bonds is 8. The number of hydrogen-bond acceptors (Lipinski definition) is 7. The topological polar surface area (TPSA) is 88.2 Å². The Morgan fingerprint density at radius 3 is 2.59 bits per heavy atom. The van der Waals surface area contributed by atoms with Gasteiger partial charge in [-0.15, -0.1) is 0 Å². The third-order valence-electron chi connectivity index (χ3n) is 6.18. The Morgan fingerprint density at radius 2 is 1.79 bits per heavy atom. The number of carbonyl (C=O) groups excluding carboxylic acids is 3. The summed E-state index contributed by atoms with van der Waals surface area (Å²) in [6.45, 7) is 2.49. The van der Waals surface area contributed by atoms with Gasteiger partial charge in [0.05, 0.1) is 29.5 Å². The Morgan fingerprint density at radius 1 is 1.03 bits per heavy atom. The van der Waals surface area contributed by atoms with Gasteiger partial charge in [0.15, 0.2) is 0 Å². The van der Waals surface area contributed by atoms with E-state index in [0.29, 0.717) is 43.3 Å². The van der Waals surface area contributed by atoms with Gasteiger partial charge in [0, 0.05) is 13.1 Å². The Bertz CT molecular complexity index is 1410. The molecule has 2 aliphatic rings. The lowest BCUT2D eigenvalue weighted by atomic mass is 10.2. The van der Waals surface area contributed by atoms with Gasteiger partial charge in [-0.1, -0.05) is 36.4 Å². The zero-order valence-corrected chi connectivity index (χ0v) is 21.8. The maximum absolute atomic E-state index is 13.1. The van der Waals surface area contributed by atoms with Gasteiger partial charge in [0.25, 0.3) is 11.1 Å². The van der Waals surface area contributed by atoms with E-state index in [1.165, 1.54) is 12.1 Å². The average Bonchev–Trinajstić information content (AvgIpc) is 3.21. The van der Waals surface area contributed by atoms with Gasteiger partial charge in [-0.2, -0.15) is 0 Å². The van der Waals surface area contributed by atoms with Crippen LogP contribution in [-0.2, 0) is 20.9 Å². The van der Waals surface area contributed by atoms with Crippen LogP contribution in [0.25, 0.3) is 6.08 Å². The molecule has 0 aliphatic carbocycles. The lowest BCUT2D eigenvalue weighted by Gasteiger charge is -2.30. The van der Waals surface area contributed by atoms with E-state index in [9.17, 15) is 18.8 Å². The first-order valence-corrected chi connectivity index (χ1v) is 13.2. The van der Waals surface area contributed by atoms with Gasteiger partial charge in [-0.3, -0.25) is 19.3 Å². The largest absolute Gasteiger partial charge is 0.489 e. The molecule has 3 aromatic rings. The summed E-state index contributed by atoms with van der Waals surface area (Å²) in [4.78, 5) is 41.7. The molecule has 3 aromatic carbocycles. The molecule has 0 aromatic heterocycles. The summed E-state index contributed by atoms with van der Waals surface area (Å²) in [6, 6.07) is 20.5. The van der Waals surface area contributed by atoms with E-state index in [0.717, 1.165) is 27.9 Å². The molecule has 0 unspecified atom stereocenters. The van der Waals surface area contributed by atoms with E-state index in [2.05, 4.69) is 10.2 Å². The van der Waals surface area contributed by atoms with Crippen molar-refractivity contribution in [3.05, 3.63) is 94.6 Å². The van der Waals surface area contributed by atoms with Crippen molar-refractivity contribution in [1.82, 2.24) is 4.90 Å². The second-order valence-corrected chi connectivity index (χ2v) is 9.91. The lowest BCUT2D eigenvalue weighted by Crippen LogP contribution is -2.38. The van der Waals surface area contributed by atoms with Crippen LogP contribution in [0.5, 0.6) is 5.75 Å². The van der Waals surface area contributed by atoms with E-state index in [-0.39, 0.29) is 23.9 Å². The third kappa shape index (κ3) is 6.65. The fourth-order valence-corrected chi connectivity index (χ4v) is 5.06. The molecule has 0 spiro atoms. The fourth-order valence-electron chi connectivity index (χ4n) is 4.22. The number of hydrogen-bond donors (Lipinski definition) is 1. The number of nitrogens with zero attached hydrogens (tertiary/aromatic N) is 2. The van der Waals surface area contributed by atoms with Crippen LogP contribution >= 0.6 is 11.8 Å². The average molecular weight is 548 g/mol. The molecule has 0 radical (unpaired) electrons. The lowest BCUT2D eigenvalue weighted by molar-refractivity contribution is -0.127. The summed E-state index contributed by atoms with van der Waals surface area (Å²) in [7, 11) is 0. The van der Waals surface area contributed by atoms with Gasteiger partial charge < -0.3 is 19.7 Å². The van der Waals surface area contributed by atoms with Crippen molar-refractivity contribution >= 4 is 46.3 Å². The summed E-state index contributed by atoms with van der Waals surface area (Å²) in [5.74, 6) is -0.745. The number of amides is 3. The van der Waals surface area contributed by atoms with Crippen molar-refractivity contribution in [2.45, 2.75) is 6.61 Å². The van der Waals surface area contributed by atoms with Crippen LogP contribution in [-0.4, -0.2) is 54.8 Å². The zero-order chi connectivity index (χ0) is 27.2. The van der Waals surface area contributed by atoms with Crippen LogP contribution in [0.3, 0.4) is 0 Å². The highest BCUT2D eigenvalue weighted by Crippen LogP contribution is 2.33. The number of anilines is 2. The highest BCUT2D eigenvalue weighted by molar-refractivity contribution is 8.18. The molecule has 2 saturated heterocycles. The van der Waals surface area contributed by atoms with Crippen LogP contribution in [0.15, 0.2) is 77.7 Å². The second kappa shape index (κ2) is 12.1. The summed E-state index contributed by atoms with van der Waals surface area (Å²) in [5.41, 5.74) is 2.96. The highest BCUT2D eigenvalue weighted by atomic mass is 32.2. The summed E-state index contributed by atoms with van der Waals surface area (Å²) < 4.78 is 24.3. The van der Waals surface area contributed by atoms with Gasteiger partial charge in [0.1, 0.15) is 24.7 Å². The molecule has 10 heteroatoms. The van der Waals surface area contributed by atoms with Crippen molar-refractivity contribution in [2.75, 3.05) is 43.1 Å². The molecule has 2 fully saturated rings. The standard InChI is InChI=1S/C29H26FN3O5S/c30-22-10-8-20(9-11-22)19-38-23-5-3-4-21(16-23)17-26-28(35)33(29(36)39-26)18-27(34)31-24-6-1-2-7-25(24)32-12-14-37-15-13-32/h1-11,16-17H,12-15,18-19H2,(H,31,34)/b26-17+.